The Kier molecular flexibility index (Phi) is 6.12. The van der Waals surface area contributed by atoms with Crippen molar-refractivity contribution in [2.75, 3.05) is 11.9 Å². The zero-order valence-corrected chi connectivity index (χ0v) is 16.8. The average molecular weight is 392 g/mol. The van der Waals surface area contributed by atoms with Crippen LogP contribution in [0.25, 0.3) is 0 Å². The summed E-state index contributed by atoms with van der Waals surface area (Å²) in [6.07, 6.45) is 0.603. The van der Waals surface area contributed by atoms with Crippen LogP contribution in [-0.2, 0) is 21.4 Å². The molecule has 0 fully saturated rings. The summed E-state index contributed by atoms with van der Waals surface area (Å²) in [6.45, 7) is 5.56. The number of carbonyl (C=O) groups is 2. The van der Waals surface area contributed by atoms with Crippen LogP contribution in [0.4, 0.5) is 5.88 Å². The van der Waals surface area contributed by atoms with Crippen molar-refractivity contribution in [3.05, 3.63) is 83.0 Å². The molecule has 1 N–H and O–H groups in total. The number of anilines is 1. The normalized spacial score (nSPS) is 11.1. The Hall–Kier alpha value is -3.41. The van der Waals surface area contributed by atoms with Crippen LogP contribution in [0.3, 0.4) is 0 Å². The summed E-state index contributed by atoms with van der Waals surface area (Å²) in [7, 11) is 0. The van der Waals surface area contributed by atoms with Crippen LogP contribution >= 0.6 is 0 Å². The topological polar surface area (TPSA) is 81.4 Å². The SMILES string of the molecule is CC(C)(C)c1cc(NC(=O)COC(=O)c2ccccc2Cc2ccccc2)on1. The summed E-state index contributed by atoms with van der Waals surface area (Å²) in [6, 6.07) is 18.7. The van der Waals surface area contributed by atoms with Crippen molar-refractivity contribution in [2.24, 2.45) is 0 Å². The highest BCUT2D eigenvalue weighted by atomic mass is 16.5. The minimum absolute atomic E-state index is 0.193. The van der Waals surface area contributed by atoms with Gasteiger partial charge in [-0.25, -0.2) is 4.79 Å². The van der Waals surface area contributed by atoms with Crippen LogP contribution in [0, 0.1) is 0 Å². The fraction of sp³-hybridized carbons (Fsp3) is 0.261. The molecule has 1 heterocycles. The van der Waals surface area contributed by atoms with Crippen LogP contribution in [0.5, 0.6) is 0 Å². The molecular weight excluding hydrogens is 368 g/mol. The molecular formula is C23H24N2O4. The first-order valence-electron chi connectivity index (χ1n) is 9.39. The number of nitrogens with zero attached hydrogens (tertiary/aromatic N) is 1. The summed E-state index contributed by atoms with van der Waals surface area (Å²) in [5.41, 5.74) is 2.90. The van der Waals surface area contributed by atoms with E-state index in [2.05, 4.69) is 10.5 Å². The average Bonchev–Trinajstić information content (AvgIpc) is 3.16. The van der Waals surface area contributed by atoms with Gasteiger partial charge in [-0.15, -0.1) is 0 Å². The van der Waals surface area contributed by atoms with Gasteiger partial charge in [0.2, 0.25) is 5.88 Å². The minimum Gasteiger partial charge on any atom is -0.452 e. The summed E-state index contributed by atoms with van der Waals surface area (Å²) in [4.78, 5) is 24.6. The highest BCUT2D eigenvalue weighted by Gasteiger charge is 2.20. The number of aromatic nitrogens is 1. The Bertz CT molecular complexity index is 987. The van der Waals surface area contributed by atoms with E-state index in [1.807, 2.05) is 63.2 Å². The molecule has 0 aliphatic carbocycles. The van der Waals surface area contributed by atoms with Crippen LogP contribution < -0.4 is 5.32 Å². The van der Waals surface area contributed by atoms with Crippen molar-refractivity contribution in [1.82, 2.24) is 5.16 Å². The largest absolute Gasteiger partial charge is 0.452 e. The highest BCUT2D eigenvalue weighted by molar-refractivity contribution is 5.95. The van der Waals surface area contributed by atoms with Crippen LogP contribution in [-0.4, -0.2) is 23.6 Å². The number of ether oxygens (including phenoxy) is 1. The molecule has 0 aliphatic heterocycles. The van der Waals surface area contributed by atoms with Crippen molar-refractivity contribution < 1.29 is 18.8 Å². The van der Waals surface area contributed by atoms with Gasteiger partial charge in [0.15, 0.2) is 6.61 Å². The predicted molar refractivity (Wildman–Crippen MR) is 110 cm³/mol. The quantitative estimate of drug-likeness (QED) is 0.631. The van der Waals surface area contributed by atoms with E-state index in [-0.39, 0.29) is 11.3 Å². The first-order chi connectivity index (χ1) is 13.8. The van der Waals surface area contributed by atoms with Gasteiger partial charge in [-0.3, -0.25) is 10.1 Å². The van der Waals surface area contributed by atoms with Crippen molar-refractivity contribution in [1.29, 1.82) is 0 Å². The van der Waals surface area contributed by atoms with Gasteiger partial charge in [0.05, 0.1) is 11.3 Å². The van der Waals surface area contributed by atoms with E-state index >= 15 is 0 Å². The Morgan fingerprint density at radius 2 is 1.72 bits per heavy atom. The number of esters is 1. The van der Waals surface area contributed by atoms with E-state index in [1.165, 1.54) is 0 Å². The molecule has 0 bridgehead atoms. The van der Waals surface area contributed by atoms with Gasteiger partial charge in [0.25, 0.3) is 5.91 Å². The molecule has 2 aromatic carbocycles. The Morgan fingerprint density at radius 1 is 1.03 bits per heavy atom. The van der Waals surface area contributed by atoms with E-state index in [0.717, 1.165) is 16.8 Å². The zero-order valence-electron chi connectivity index (χ0n) is 16.8. The Morgan fingerprint density at radius 3 is 2.41 bits per heavy atom. The maximum Gasteiger partial charge on any atom is 0.338 e. The van der Waals surface area contributed by atoms with Gasteiger partial charge in [-0.05, 0) is 23.6 Å². The smallest absolute Gasteiger partial charge is 0.338 e. The van der Waals surface area contributed by atoms with Gasteiger partial charge in [0.1, 0.15) is 0 Å². The number of nitrogens with one attached hydrogen (secondary N) is 1. The van der Waals surface area contributed by atoms with Crippen molar-refractivity contribution in [3.8, 4) is 0 Å². The fourth-order valence-electron chi connectivity index (χ4n) is 2.76. The molecule has 0 saturated carbocycles. The molecule has 0 radical (unpaired) electrons. The fourth-order valence-corrected chi connectivity index (χ4v) is 2.76. The molecule has 6 heteroatoms. The monoisotopic (exact) mass is 392 g/mol. The number of benzene rings is 2. The Balaban J connectivity index is 1.59. The van der Waals surface area contributed by atoms with Gasteiger partial charge >= 0.3 is 5.97 Å². The predicted octanol–water partition coefficient (Wildman–Crippen LogP) is 4.36. The lowest BCUT2D eigenvalue weighted by molar-refractivity contribution is -0.119. The number of amides is 1. The van der Waals surface area contributed by atoms with Crippen molar-refractivity contribution in [3.63, 3.8) is 0 Å². The second-order valence-corrected chi connectivity index (χ2v) is 7.77. The van der Waals surface area contributed by atoms with Gasteiger partial charge in [-0.2, -0.15) is 0 Å². The number of hydrogen-bond donors (Lipinski definition) is 1. The van der Waals surface area contributed by atoms with E-state index in [1.54, 1.807) is 18.2 Å². The standard InChI is InChI=1S/C23H24N2O4/c1-23(2,3)19-14-21(29-25-19)24-20(26)15-28-22(27)18-12-8-7-11-17(18)13-16-9-5-4-6-10-16/h4-12,14H,13,15H2,1-3H3,(H,24,26). The number of carbonyl (C=O) groups excluding carboxylic acids is 2. The summed E-state index contributed by atoms with van der Waals surface area (Å²) in [5, 5.41) is 6.49. The lowest BCUT2D eigenvalue weighted by Crippen LogP contribution is -2.21. The van der Waals surface area contributed by atoms with E-state index in [4.69, 9.17) is 9.26 Å². The highest BCUT2D eigenvalue weighted by Crippen LogP contribution is 2.23. The molecule has 0 spiro atoms. The summed E-state index contributed by atoms with van der Waals surface area (Å²) >= 11 is 0. The molecule has 0 atom stereocenters. The third-order valence-corrected chi connectivity index (χ3v) is 4.35. The van der Waals surface area contributed by atoms with E-state index in [0.29, 0.717) is 12.0 Å². The van der Waals surface area contributed by atoms with Gasteiger partial charge in [-0.1, -0.05) is 74.5 Å². The molecule has 0 aliphatic rings. The lowest BCUT2D eigenvalue weighted by Gasteiger charge is -2.12. The second-order valence-electron chi connectivity index (χ2n) is 7.77. The maximum absolute atomic E-state index is 12.5. The molecule has 3 aromatic rings. The summed E-state index contributed by atoms with van der Waals surface area (Å²) in [5.74, 6) is -0.810. The lowest BCUT2D eigenvalue weighted by atomic mass is 9.92. The first kappa shape index (κ1) is 20.3. The molecule has 3 rings (SSSR count). The second kappa shape index (κ2) is 8.73. The molecule has 0 saturated heterocycles. The maximum atomic E-state index is 12.5. The van der Waals surface area contributed by atoms with Crippen molar-refractivity contribution in [2.45, 2.75) is 32.6 Å². The molecule has 6 nitrogen and oxygen atoms in total. The molecule has 29 heavy (non-hydrogen) atoms. The first-order valence-corrected chi connectivity index (χ1v) is 9.39. The molecule has 1 aromatic heterocycles. The molecule has 150 valence electrons. The van der Waals surface area contributed by atoms with Crippen LogP contribution in [0.15, 0.2) is 65.2 Å². The third-order valence-electron chi connectivity index (χ3n) is 4.35. The van der Waals surface area contributed by atoms with Crippen LogP contribution in [0.1, 0.15) is 48.0 Å². The van der Waals surface area contributed by atoms with Gasteiger partial charge in [0, 0.05) is 11.5 Å². The minimum atomic E-state index is -0.542. The van der Waals surface area contributed by atoms with Crippen molar-refractivity contribution >= 4 is 17.8 Å². The third kappa shape index (κ3) is 5.54. The number of rotatable bonds is 6. The van der Waals surface area contributed by atoms with E-state index < -0.39 is 18.5 Å². The van der Waals surface area contributed by atoms with E-state index in [9.17, 15) is 9.59 Å². The Labute approximate surface area is 169 Å². The van der Waals surface area contributed by atoms with Gasteiger partial charge < -0.3 is 9.26 Å². The summed E-state index contributed by atoms with van der Waals surface area (Å²) < 4.78 is 10.3. The molecule has 0 unspecified atom stereocenters. The number of hydrogen-bond acceptors (Lipinski definition) is 5. The molecule has 1 amide bonds. The van der Waals surface area contributed by atoms with Crippen LogP contribution in [0.2, 0.25) is 0 Å². The zero-order chi connectivity index (χ0) is 20.9.